The van der Waals surface area contributed by atoms with Gasteiger partial charge in [0.05, 0.1) is 25.9 Å². The Kier molecular flexibility index (Phi) is 7.12. The van der Waals surface area contributed by atoms with Crippen molar-refractivity contribution in [3.63, 3.8) is 0 Å². The van der Waals surface area contributed by atoms with Crippen LogP contribution in [0.5, 0.6) is 23.0 Å². The lowest BCUT2D eigenvalue weighted by Crippen LogP contribution is -2.52. The lowest BCUT2D eigenvalue weighted by atomic mass is 9.71. The molecule has 8 nitrogen and oxygen atoms in total. The molecule has 2 aliphatic heterocycles. The van der Waals surface area contributed by atoms with E-state index in [0.29, 0.717) is 35.8 Å². The molecule has 3 aliphatic rings. The van der Waals surface area contributed by atoms with Crippen LogP contribution in [0.15, 0.2) is 66.7 Å². The van der Waals surface area contributed by atoms with E-state index in [-0.39, 0.29) is 5.92 Å². The topological polar surface area (TPSA) is 83.9 Å². The Balaban J connectivity index is 1.36. The summed E-state index contributed by atoms with van der Waals surface area (Å²) in [6.07, 6.45) is -0.779. The van der Waals surface area contributed by atoms with E-state index in [1.54, 1.807) is 26.4 Å². The molecule has 8 heteroatoms. The van der Waals surface area contributed by atoms with Crippen LogP contribution in [0.2, 0.25) is 0 Å². The van der Waals surface area contributed by atoms with Gasteiger partial charge in [-0.3, -0.25) is 4.90 Å². The summed E-state index contributed by atoms with van der Waals surface area (Å²) in [6, 6.07) is 21.1. The predicted octanol–water partition coefficient (Wildman–Crippen LogP) is 3.35. The highest BCUT2D eigenvalue weighted by Crippen LogP contribution is 2.68. The van der Waals surface area contributed by atoms with E-state index in [1.807, 2.05) is 54.6 Å². The Morgan fingerprint density at radius 3 is 2.33 bits per heavy atom. The summed E-state index contributed by atoms with van der Waals surface area (Å²) in [5, 5.41) is 24.2. The first-order chi connectivity index (χ1) is 19.4. The lowest BCUT2D eigenvalue weighted by molar-refractivity contribution is -0.150. The Morgan fingerprint density at radius 2 is 1.65 bits per heavy atom. The molecule has 1 saturated heterocycles. The van der Waals surface area contributed by atoms with Crippen molar-refractivity contribution >= 4 is 0 Å². The van der Waals surface area contributed by atoms with Crippen molar-refractivity contribution in [2.45, 2.75) is 29.6 Å². The number of aliphatic hydroxyl groups excluding tert-OH is 1. The van der Waals surface area contributed by atoms with Gasteiger partial charge in [-0.05, 0) is 36.7 Å². The number of rotatable bonds is 8. The van der Waals surface area contributed by atoms with Crippen LogP contribution in [0.1, 0.15) is 29.0 Å². The zero-order valence-electron chi connectivity index (χ0n) is 23.4. The third-order valence-electron chi connectivity index (χ3n) is 8.90. The molecule has 0 unspecified atom stereocenters. The van der Waals surface area contributed by atoms with Crippen LogP contribution in [0.3, 0.4) is 0 Å². The van der Waals surface area contributed by atoms with Gasteiger partial charge in [0.25, 0.3) is 0 Å². The second-order valence-corrected chi connectivity index (χ2v) is 11.0. The monoisotopic (exact) mass is 546 g/mol. The van der Waals surface area contributed by atoms with Crippen molar-refractivity contribution < 1.29 is 29.2 Å². The zero-order chi connectivity index (χ0) is 27.9. The SMILES string of the molecule is COc1cc(OC)c2c(c1)O[C@@]1(c3ccc(OCCN4CCN(C)CC4)cc3)[C@H](c3ccccc3)C[C@@H](O)[C@@]21O. The van der Waals surface area contributed by atoms with Crippen LogP contribution in [0.4, 0.5) is 0 Å². The third kappa shape index (κ3) is 4.21. The van der Waals surface area contributed by atoms with Gasteiger partial charge < -0.3 is 34.1 Å². The molecule has 0 radical (unpaired) electrons. The number of ether oxygens (including phenoxy) is 4. The fourth-order valence-electron chi connectivity index (χ4n) is 6.75. The summed E-state index contributed by atoms with van der Waals surface area (Å²) in [4.78, 5) is 4.76. The van der Waals surface area contributed by atoms with E-state index in [2.05, 4.69) is 16.8 Å². The van der Waals surface area contributed by atoms with E-state index >= 15 is 0 Å². The molecule has 0 amide bonds. The molecule has 212 valence electrons. The number of nitrogens with zero attached hydrogens (tertiary/aromatic N) is 2. The maximum atomic E-state index is 12.6. The fraction of sp³-hybridized carbons (Fsp3) is 0.438. The lowest BCUT2D eigenvalue weighted by Gasteiger charge is -2.40. The molecule has 40 heavy (non-hydrogen) atoms. The van der Waals surface area contributed by atoms with Crippen LogP contribution < -0.4 is 18.9 Å². The van der Waals surface area contributed by atoms with Gasteiger partial charge >= 0.3 is 0 Å². The highest BCUT2D eigenvalue weighted by atomic mass is 16.5. The Bertz CT molecular complexity index is 1330. The van der Waals surface area contributed by atoms with E-state index in [0.717, 1.165) is 49.6 Å². The Morgan fingerprint density at radius 1 is 0.925 bits per heavy atom. The highest BCUT2D eigenvalue weighted by Gasteiger charge is 2.73. The molecule has 3 aromatic rings. The number of methoxy groups -OCH3 is 2. The molecule has 6 rings (SSSR count). The van der Waals surface area contributed by atoms with Crippen molar-refractivity contribution in [2.75, 3.05) is 60.6 Å². The maximum absolute atomic E-state index is 12.6. The van der Waals surface area contributed by atoms with Crippen molar-refractivity contribution in [2.24, 2.45) is 0 Å². The van der Waals surface area contributed by atoms with E-state index in [9.17, 15) is 10.2 Å². The van der Waals surface area contributed by atoms with Crippen LogP contribution in [0, 0.1) is 0 Å². The first-order valence-electron chi connectivity index (χ1n) is 14.0. The minimum Gasteiger partial charge on any atom is -0.496 e. The highest BCUT2D eigenvalue weighted by molar-refractivity contribution is 5.62. The molecule has 0 bridgehead atoms. The number of aliphatic hydroxyl groups is 2. The molecular weight excluding hydrogens is 508 g/mol. The minimum atomic E-state index is -1.76. The van der Waals surface area contributed by atoms with Crippen molar-refractivity contribution in [3.05, 3.63) is 83.4 Å². The van der Waals surface area contributed by atoms with E-state index in [1.165, 1.54) is 0 Å². The minimum absolute atomic E-state index is 0.318. The Labute approximate surface area is 235 Å². The first kappa shape index (κ1) is 26.9. The van der Waals surface area contributed by atoms with Crippen molar-refractivity contribution in [1.82, 2.24) is 9.80 Å². The molecule has 1 saturated carbocycles. The van der Waals surface area contributed by atoms with Gasteiger partial charge in [-0.2, -0.15) is 0 Å². The van der Waals surface area contributed by atoms with Gasteiger partial charge in [-0.1, -0.05) is 42.5 Å². The van der Waals surface area contributed by atoms with Gasteiger partial charge in [-0.15, -0.1) is 0 Å². The van der Waals surface area contributed by atoms with Gasteiger partial charge in [0.1, 0.15) is 29.6 Å². The summed E-state index contributed by atoms with van der Waals surface area (Å²) in [5.41, 5.74) is -0.889. The molecular formula is C32H38N2O6. The first-order valence-corrected chi connectivity index (χ1v) is 14.0. The molecule has 1 aliphatic carbocycles. The summed E-state index contributed by atoms with van der Waals surface area (Å²) >= 11 is 0. The summed E-state index contributed by atoms with van der Waals surface area (Å²) < 4.78 is 24.1. The number of fused-ring (bicyclic) bond motifs is 3. The third-order valence-corrected chi connectivity index (χ3v) is 8.90. The molecule has 2 fully saturated rings. The second-order valence-electron chi connectivity index (χ2n) is 11.0. The number of piperazine rings is 1. The summed E-state index contributed by atoms with van der Waals surface area (Å²) in [5.74, 6) is 1.81. The number of hydrogen-bond acceptors (Lipinski definition) is 8. The quantitative estimate of drug-likeness (QED) is 0.445. The van der Waals surface area contributed by atoms with Gasteiger partial charge in [0, 0.05) is 50.8 Å². The molecule has 2 N–H and O–H groups in total. The predicted molar refractivity (Wildman–Crippen MR) is 151 cm³/mol. The zero-order valence-corrected chi connectivity index (χ0v) is 23.4. The maximum Gasteiger partial charge on any atom is 0.176 e. The molecule has 2 heterocycles. The smallest absolute Gasteiger partial charge is 0.176 e. The molecule has 0 aromatic heterocycles. The average Bonchev–Trinajstić information content (AvgIpc) is 3.39. The van der Waals surface area contributed by atoms with Gasteiger partial charge in [0.2, 0.25) is 0 Å². The van der Waals surface area contributed by atoms with Crippen LogP contribution in [0.25, 0.3) is 0 Å². The largest absolute Gasteiger partial charge is 0.496 e. The average molecular weight is 547 g/mol. The van der Waals surface area contributed by atoms with Gasteiger partial charge in [-0.25, -0.2) is 0 Å². The molecule has 3 aromatic carbocycles. The number of likely N-dealkylation sites (N-methyl/N-ethyl adjacent to an activating group) is 1. The standard InChI is InChI=1S/C32H38N2O6/c1-33-13-15-34(16-14-33)17-18-39-24-11-9-23(10-12-24)32-26(22-7-5-4-6-8-22)21-29(35)31(32,36)30-27(38-3)19-25(37-2)20-28(30)40-32/h4-12,19-20,26,29,35-36H,13-18,21H2,1-3H3/t26-,29+,31+,32-/m0/s1. The second kappa shape index (κ2) is 10.6. The number of hydrogen-bond donors (Lipinski definition) is 2. The number of benzene rings is 3. The van der Waals surface area contributed by atoms with Crippen molar-refractivity contribution in [3.8, 4) is 23.0 Å². The van der Waals surface area contributed by atoms with Crippen LogP contribution in [-0.2, 0) is 11.2 Å². The Hall–Kier alpha value is -3.30. The van der Waals surface area contributed by atoms with Gasteiger partial charge in [0.15, 0.2) is 11.2 Å². The van der Waals surface area contributed by atoms with Crippen LogP contribution in [-0.4, -0.2) is 86.7 Å². The summed E-state index contributed by atoms with van der Waals surface area (Å²) in [7, 11) is 5.27. The molecule has 0 spiro atoms. The van der Waals surface area contributed by atoms with E-state index < -0.39 is 17.3 Å². The van der Waals surface area contributed by atoms with Crippen molar-refractivity contribution in [1.29, 1.82) is 0 Å². The summed E-state index contributed by atoms with van der Waals surface area (Å²) in [6.45, 7) is 5.73. The fourth-order valence-corrected chi connectivity index (χ4v) is 6.75. The van der Waals surface area contributed by atoms with Crippen LogP contribution >= 0.6 is 0 Å². The molecule has 4 atom stereocenters. The van der Waals surface area contributed by atoms with E-state index in [4.69, 9.17) is 18.9 Å². The normalized spacial score (nSPS) is 28.0.